The first-order chi connectivity index (χ1) is 8.83. The fourth-order valence-electron chi connectivity index (χ4n) is 1.96. The molecule has 2 amide bonds. The number of carbonyl (C=O) groups excluding carboxylic acids is 2. The largest absolute Gasteiger partial charge is 0.284 e. The summed E-state index contributed by atoms with van der Waals surface area (Å²) in [6.45, 7) is 1.67. The van der Waals surface area contributed by atoms with Crippen LogP contribution in [0.3, 0.4) is 0 Å². The molecule has 0 aromatic heterocycles. The first-order valence-electron chi connectivity index (χ1n) is 5.71. The van der Waals surface area contributed by atoms with Gasteiger partial charge in [-0.05, 0) is 18.6 Å². The summed E-state index contributed by atoms with van der Waals surface area (Å²) < 4.78 is 26.6. The number of imide groups is 1. The van der Waals surface area contributed by atoms with Crippen molar-refractivity contribution in [1.29, 1.82) is 0 Å². The predicted molar refractivity (Wildman–Crippen MR) is 67.7 cm³/mol. The lowest BCUT2D eigenvalue weighted by molar-refractivity contribution is -0.137. The topological polar surface area (TPSA) is 83.6 Å². The van der Waals surface area contributed by atoms with Crippen molar-refractivity contribution in [2.45, 2.75) is 24.3 Å². The molecule has 6 nitrogen and oxygen atoms in total. The van der Waals surface area contributed by atoms with Crippen LogP contribution in [0.15, 0.2) is 29.2 Å². The van der Waals surface area contributed by atoms with E-state index in [1.54, 1.807) is 25.1 Å². The molecule has 1 aromatic rings. The molecule has 2 rings (SSSR count). The summed E-state index contributed by atoms with van der Waals surface area (Å²) in [7, 11) is -2.46. The molecule has 1 N–H and O–H groups in total. The van der Waals surface area contributed by atoms with Gasteiger partial charge in [0.05, 0.1) is 11.3 Å². The third-order valence-corrected chi connectivity index (χ3v) is 4.69. The van der Waals surface area contributed by atoms with Crippen LogP contribution in [0.2, 0.25) is 0 Å². The highest BCUT2D eigenvalue weighted by atomic mass is 32.2. The molecule has 0 spiro atoms. The van der Waals surface area contributed by atoms with E-state index in [-0.39, 0.29) is 17.2 Å². The number of carbonyl (C=O) groups is 2. The van der Waals surface area contributed by atoms with Crippen LogP contribution in [0, 0.1) is 6.92 Å². The Kier molecular flexibility index (Phi) is 3.42. The molecule has 1 aliphatic rings. The standard InChI is InChI=1S/C12H14N2O4S/c1-8-5-3-4-6-10(8)19(17,18)13-9-7-11(15)14(2)12(9)16/h3-6,9,13H,7H2,1-2H3. The Bertz CT molecular complexity index is 639. The minimum Gasteiger partial charge on any atom is -0.284 e. The molecule has 0 saturated carbocycles. The van der Waals surface area contributed by atoms with Crippen LogP contribution in [0.4, 0.5) is 0 Å². The molecule has 1 fully saturated rings. The van der Waals surface area contributed by atoms with Crippen molar-refractivity contribution in [2.24, 2.45) is 0 Å². The number of rotatable bonds is 3. The molecule has 102 valence electrons. The maximum Gasteiger partial charge on any atom is 0.247 e. The van der Waals surface area contributed by atoms with Crippen LogP contribution in [-0.2, 0) is 19.6 Å². The maximum atomic E-state index is 12.2. The van der Waals surface area contributed by atoms with Gasteiger partial charge in [0.25, 0.3) is 0 Å². The molecule has 1 unspecified atom stereocenters. The van der Waals surface area contributed by atoms with Gasteiger partial charge in [-0.2, -0.15) is 4.72 Å². The summed E-state index contributed by atoms with van der Waals surface area (Å²) in [5, 5.41) is 0. The van der Waals surface area contributed by atoms with Gasteiger partial charge in [0, 0.05) is 7.05 Å². The number of likely N-dealkylation sites (N-methyl/N-ethyl adjacent to an activating group) is 1. The number of sulfonamides is 1. The molecular weight excluding hydrogens is 268 g/mol. The van der Waals surface area contributed by atoms with Gasteiger partial charge in [0.15, 0.2) is 0 Å². The number of hydrogen-bond donors (Lipinski definition) is 1. The van der Waals surface area contributed by atoms with Crippen molar-refractivity contribution in [1.82, 2.24) is 9.62 Å². The van der Waals surface area contributed by atoms with Crippen LogP contribution in [0.1, 0.15) is 12.0 Å². The number of nitrogens with zero attached hydrogens (tertiary/aromatic N) is 1. The van der Waals surface area contributed by atoms with E-state index in [0.717, 1.165) is 4.90 Å². The van der Waals surface area contributed by atoms with Crippen LogP contribution < -0.4 is 4.72 Å². The van der Waals surface area contributed by atoms with E-state index in [4.69, 9.17) is 0 Å². The molecule has 1 heterocycles. The molecule has 0 bridgehead atoms. The normalized spacial score (nSPS) is 20.1. The van der Waals surface area contributed by atoms with Crippen molar-refractivity contribution < 1.29 is 18.0 Å². The molecule has 0 aliphatic carbocycles. The van der Waals surface area contributed by atoms with E-state index < -0.39 is 22.0 Å². The average Bonchev–Trinajstić information content (AvgIpc) is 2.57. The van der Waals surface area contributed by atoms with Gasteiger partial charge in [-0.15, -0.1) is 0 Å². The summed E-state index contributed by atoms with van der Waals surface area (Å²) in [4.78, 5) is 24.1. The summed E-state index contributed by atoms with van der Waals surface area (Å²) in [6.07, 6.45) is -0.138. The van der Waals surface area contributed by atoms with E-state index in [0.29, 0.717) is 5.56 Å². The van der Waals surface area contributed by atoms with Crippen LogP contribution in [0.25, 0.3) is 0 Å². The fraction of sp³-hybridized carbons (Fsp3) is 0.333. The number of likely N-dealkylation sites (tertiary alicyclic amines) is 1. The first-order valence-corrected chi connectivity index (χ1v) is 7.19. The highest BCUT2D eigenvalue weighted by Crippen LogP contribution is 2.17. The smallest absolute Gasteiger partial charge is 0.247 e. The monoisotopic (exact) mass is 282 g/mol. The number of aryl methyl sites for hydroxylation is 1. The average molecular weight is 282 g/mol. The van der Waals surface area contributed by atoms with E-state index in [1.807, 2.05) is 0 Å². The minimum absolute atomic E-state index is 0.116. The summed E-state index contributed by atoms with van der Waals surface area (Å²) in [5.74, 6) is -0.912. The molecule has 0 radical (unpaired) electrons. The van der Waals surface area contributed by atoms with Gasteiger partial charge in [-0.1, -0.05) is 18.2 Å². The van der Waals surface area contributed by atoms with Crippen molar-refractivity contribution in [3.8, 4) is 0 Å². The van der Waals surface area contributed by atoms with Crippen LogP contribution in [-0.4, -0.2) is 38.2 Å². The molecule has 1 aromatic carbocycles. The number of benzene rings is 1. The lowest BCUT2D eigenvalue weighted by Gasteiger charge is -2.13. The maximum absolute atomic E-state index is 12.2. The number of amides is 2. The fourth-order valence-corrected chi connectivity index (χ4v) is 3.39. The second kappa shape index (κ2) is 4.75. The summed E-state index contributed by atoms with van der Waals surface area (Å²) in [5.41, 5.74) is 0.583. The van der Waals surface area contributed by atoms with E-state index in [2.05, 4.69) is 4.72 Å². The molecule has 1 saturated heterocycles. The van der Waals surface area contributed by atoms with Crippen molar-refractivity contribution in [3.05, 3.63) is 29.8 Å². The Morgan fingerprint density at radius 1 is 1.26 bits per heavy atom. The minimum atomic E-state index is -3.80. The molecular formula is C12H14N2O4S. The quantitative estimate of drug-likeness (QED) is 0.793. The predicted octanol–water partition coefficient (Wildman–Crippen LogP) is 0.0306. The molecule has 1 atom stereocenters. The SMILES string of the molecule is Cc1ccccc1S(=O)(=O)NC1CC(=O)N(C)C1=O. The third-order valence-electron chi connectivity index (χ3n) is 3.06. The molecule has 7 heteroatoms. The zero-order valence-corrected chi connectivity index (χ0v) is 11.4. The van der Waals surface area contributed by atoms with Gasteiger partial charge in [-0.3, -0.25) is 14.5 Å². The number of hydrogen-bond acceptors (Lipinski definition) is 4. The Morgan fingerprint density at radius 2 is 1.89 bits per heavy atom. The van der Waals surface area contributed by atoms with Crippen molar-refractivity contribution in [2.75, 3.05) is 7.05 Å². The van der Waals surface area contributed by atoms with Gasteiger partial charge in [0.2, 0.25) is 21.8 Å². The van der Waals surface area contributed by atoms with Crippen molar-refractivity contribution in [3.63, 3.8) is 0 Å². The third kappa shape index (κ3) is 2.52. The molecule has 1 aliphatic heterocycles. The van der Waals surface area contributed by atoms with Gasteiger partial charge >= 0.3 is 0 Å². The zero-order valence-electron chi connectivity index (χ0n) is 10.6. The second-order valence-corrected chi connectivity index (χ2v) is 6.12. The molecule has 19 heavy (non-hydrogen) atoms. The van der Waals surface area contributed by atoms with Crippen molar-refractivity contribution >= 4 is 21.8 Å². The van der Waals surface area contributed by atoms with Crippen LogP contribution >= 0.6 is 0 Å². The Hall–Kier alpha value is -1.73. The zero-order chi connectivity index (χ0) is 14.2. The van der Waals surface area contributed by atoms with Gasteiger partial charge in [0.1, 0.15) is 6.04 Å². The summed E-state index contributed by atoms with van der Waals surface area (Å²) >= 11 is 0. The van der Waals surface area contributed by atoms with Gasteiger partial charge in [-0.25, -0.2) is 8.42 Å². The van der Waals surface area contributed by atoms with Crippen LogP contribution in [0.5, 0.6) is 0 Å². The Morgan fingerprint density at radius 3 is 2.42 bits per heavy atom. The van der Waals surface area contributed by atoms with E-state index in [1.165, 1.54) is 13.1 Å². The lowest BCUT2D eigenvalue weighted by Crippen LogP contribution is -2.40. The van der Waals surface area contributed by atoms with Gasteiger partial charge < -0.3 is 0 Å². The lowest BCUT2D eigenvalue weighted by atomic mass is 10.2. The Balaban J connectivity index is 2.27. The highest BCUT2D eigenvalue weighted by Gasteiger charge is 2.38. The number of nitrogens with one attached hydrogen (secondary N) is 1. The van der Waals surface area contributed by atoms with E-state index >= 15 is 0 Å². The Labute approximate surface area is 111 Å². The highest BCUT2D eigenvalue weighted by molar-refractivity contribution is 7.89. The summed E-state index contributed by atoms with van der Waals surface area (Å²) in [6, 6.07) is 5.45. The second-order valence-electron chi connectivity index (χ2n) is 4.43. The van der Waals surface area contributed by atoms with E-state index in [9.17, 15) is 18.0 Å². The first kappa shape index (κ1) is 13.7.